The van der Waals surface area contributed by atoms with E-state index in [1.807, 2.05) is 35.0 Å². The molecule has 0 amide bonds. The second-order valence-electron chi connectivity index (χ2n) is 17.1. The van der Waals surface area contributed by atoms with Crippen LogP contribution in [0.5, 0.6) is 0 Å². The summed E-state index contributed by atoms with van der Waals surface area (Å²) in [7, 11) is 1.13. The molecule has 0 heterocycles. The highest BCUT2D eigenvalue weighted by atomic mass is 31.2. The predicted octanol–water partition coefficient (Wildman–Crippen LogP) is 6.56. The quantitative estimate of drug-likeness (QED) is 0.0389. The van der Waals surface area contributed by atoms with Gasteiger partial charge in [-0.25, -0.2) is 0 Å². The SMILES string of the molecule is CCCCOC(=O)C(C)(CC(C)(C)C(=O)OCCOP(=O)([O-])OCC[N+](C)(C)C)CC(C)(CC)C(=O)OC1CCC(C(=O)C2CCCCC2)CC1. The lowest BCUT2D eigenvalue weighted by molar-refractivity contribution is -0.870. The van der Waals surface area contributed by atoms with Crippen LogP contribution in [0.15, 0.2) is 0 Å². The third kappa shape index (κ3) is 15.2. The zero-order chi connectivity index (χ0) is 38.5. The van der Waals surface area contributed by atoms with Gasteiger partial charge in [-0.15, -0.1) is 0 Å². The number of hydrogen-bond donors (Lipinski definition) is 0. The van der Waals surface area contributed by atoms with Gasteiger partial charge >= 0.3 is 17.9 Å². The number of carbonyl (C=O) groups excluding carboxylic acids is 4. The Balaban J connectivity index is 2.05. The van der Waals surface area contributed by atoms with E-state index in [-0.39, 0.29) is 50.6 Å². The van der Waals surface area contributed by atoms with Crippen molar-refractivity contribution in [3.8, 4) is 0 Å². The van der Waals surface area contributed by atoms with Crippen LogP contribution in [-0.4, -0.2) is 88.4 Å². The van der Waals surface area contributed by atoms with Crippen LogP contribution in [0.2, 0.25) is 0 Å². The van der Waals surface area contributed by atoms with E-state index in [0.29, 0.717) is 42.5 Å². The maximum absolute atomic E-state index is 13.9. The highest BCUT2D eigenvalue weighted by molar-refractivity contribution is 7.45. The van der Waals surface area contributed by atoms with Gasteiger partial charge in [-0.1, -0.05) is 39.5 Å². The maximum atomic E-state index is 13.9. The van der Waals surface area contributed by atoms with Crippen molar-refractivity contribution in [2.75, 3.05) is 54.1 Å². The first-order chi connectivity index (χ1) is 23.7. The molecule has 296 valence electrons. The van der Waals surface area contributed by atoms with E-state index < -0.39 is 48.6 Å². The zero-order valence-corrected chi connectivity index (χ0v) is 33.9. The molecule has 13 heteroatoms. The zero-order valence-electron chi connectivity index (χ0n) is 33.1. The Morgan fingerprint density at radius 1 is 0.706 bits per heavy atom. The highest BCUT2D eigenvalue weighted by Gasteiger charge is 2.50. The van der Waals surface area contributed by atoms with Gasteiger partial charge in [-0.3, -0.25) is 23.7 Å². The van der Waals surface area contributed by atoms with E-state index in [4.69, 9.17) is 23.3 Å². The highest BCUT2D eigenvalue weighted by Crippen LogP contribution is 2.46. The van der Waals surface area contributed by atoms with Crippen LogP contribution >= 0.6 is 7.82 Å². The van der Waals surface area contributed by atoms with Gasteiger partial charge < -0.3 is 32.6 Å². The fourth-order valence-corrected chi connectivity index (χ4v) is 8.04. The Hall–Kier alpha value is -1.85. The number of quaternary nitrogens is 1. The molecule has 0 aliphatic heterocycles. The first kappa shape index (κ1) is 45.3. The molecule has 0 bridgehead atoms. The Morgan fingerprint density at radius 2 is 1.27 bits per heavy atom. The summed E-state index contributed by atoms with van der Waals surface area (Å²) in [6.07, 6.45) is 9.84. The van der Waals surface area contributed by atoms with Gasteiger partial charge in [0.25, 0.3) is 7.82 Å². The smallest absolute Gasteiger partial charge is 0.312 e. The summed E-state index contributed by atoms with van der Waals surface area (Å²) in [5.41, 5.74) is -3.52. The molecule has 0 radical (unpaired) electrons. The van der Waals surface area contributed by atoms with Crippen LogP contribution in [0.1, 0.15) is 131 Å². The molecular weight excluding hydrogens is 677 g/mol. The van der Waals surface area contributed by atoms with Crippen LogP contribution in [0.3, 0.4) is 0 Å². The molecule has 0 aromatic heterocycles. The molecule has 2 aliphatic rings. The van der Waals surface area contributed by atoms with E-state index in [9.17, 15) is 28.6 Å². The fraction of sp³-hybridized carbons (Fsp3) is 0.895. The molecule has 3 unspecified atom stereocenters. The Kier molecular flexibility index (Phi) is 17.8. The van der Waals surface area contributed by atoms with Crippen molar-refractivity contribution in [1.29, 1.82) is 0 Å². The third-order valence-electron chi connectivity index (χ3n) is 10.6. The second kappa shape index (κ2) is 20.0. The van der Waals surface area contributed by atoms with Gasteiger partial charge in [-0.05, 0) is 91.9 Å². The number of phosphoric acid groups is 1. The number of carbonyl (C=O) groups is 4. The van der Waals surface area contributed by atoms with Crippen LogP contribution in [0.4, 0.5) is 0 Å². The fourth-order valence-electron chi connectivity index (χ4n) is 7.36. The summed E-state index contributed by atoms with van der Waals surface area (Å²) < 4.78 is 39.6. The minimum atomic E-state index is -4.57. The van der Waals surface area contributed by atoms with E-state index in [1.165, 1.54) is 6.42 Å². The lowest BCUT2D eigenvalue weighted by Gasteiger charge is -2.40. The number of esters is 3. The van der Waals surface area contributed by atoms with Crippen molar-refractivity contribution in [2.45, 2.75) is 138 Å². The topological polar surface area (TPSA) is 155 Å². The molecule has 0 aromatic carbocycles. The maximum Gasteiger partial charge on any atom is 0.312 e. The Labute approximate surface area is 307 Å². The number of phosphoric ester groups is 1. The molecule has 51 heavy (non-hydrogen) atoms. The summed E-state index contributed by atoms with van der Waals surface area (Å²) in [4.78, 5) is 66.1. The minimum Gasteiger partial charge on any atom is -0.756 e. The van der Waals surface area contributed by atoms with Crippen molar-refractivity contribution in [2.24, 2.45) is 28.1 Å². The number of ether oxygens (including phenoxy) is 3. The van der Waals surface area contributed by atoms with Crippen LogP contribution in [-0.2, 0) is 47.0 Å². The summed E-state index contributed by atoms with van der Waals surface area (Å²) in [5.74, 6) is -0.961. The number of unbranched alkanes of at least 4 members (excludes halogenated alkanes) is 1. The van der Waals surface area contributed by atoms with E-state index >= 15 is 0 Å². The molecule has 2 rings (SSSR count). The number of ketones is 1. The Morgan fingerprint density at radius 3 is 1.84 bits per heavy atom. The first-order valence-electron chi connectivity index (χ1n) is 19.2. The van der Waals surface area contributed by atoms with Gasteiger partial charge in [0.2, 0.25) is 0 Å². The number of nitrogens with zero attached hydrogens (tertiary/aromatic N) is 1. The van der Waals surface area contributed by atoms with Gasteiger partial charge in [0.05, 0.1) is 50.6 Å². The first-order valence-corrected chi connectivity index (χ1v) is 20.6. The number of hydrogen-bond acceptors (Lipinski definition) is 11. The van der Waals surface area contributed by atoms with Gasteiger partial charge in [0.1, 0.15) is 31.6 Å². The molecule has 0 N–H and O–H groups in total. The molecular formula is C38H68NO11P. The van der Waals surface area contributed by atoms with Crippen molar-refractivity contribution < 1.29 is 56.4 Å². The van der Waals surface area contributed by atoms with E-state index in [0.717, 1.165) is 44.9 Å². The van der Waals surface area contributed by atoms with Crippen molar-refractivity contribution in [1.82, 2.24) is 0 Å². The number of Topliss-reactive ketones (excluding diaryl/α,β-unsaturated/α-hetero) is 1. The van der Waals surface area contributed by atoms with Crippen LogP contribution < -0.4 is 4.89 Å². The van der Waals surface area contributed by atoms with Crippen LogP contribution in [0.25, 0.3) is 0 Å². The normalized spacial score (nSPS) is 22.5. The summed E-state index contributed by atoms with van der Waals surface area (Å²) in [6.45, 7) is 10.5. The molecule has 0 aromatic rings. The van der Waals surface area contributed by atoms with Gasteiger partial charge in [0.15, 0.2) is 0 Å². The van der Waals surface area contributed by atoms with E-state index in [1.54, 1.807) is 27.7 Å². The molecule has 2 saturated carbocycles. The molecule has 2 aliphatic carbocycles. The van der Waals surface area contributed by atoms with Gasteiger partial charge in [-0.2, -0.15) is 0 Å². The number of likely N-dealkylation sites (N-methyl/N-ethyl adjacent to an activating group) is 1. The molecule has 2 fully saturated rings. The lowest BCUT2D eigenvalue weighted by atomic mass is 9.65. The summed E-state index contributed by atoms with van der Waals surface area (Å²) in [5, 5.41) is 0. The predicted molar refractivity (Wildman–Crippen MR) is 192 cm³/mol. The van der Waals surface area contributed by atoms with Gasteiger partial charge in [0, 0.05) is 11.8 Å². The minimum absolute atomic E-state index is 0.0100. The lowest BCUT2D eigenvalue weighted by Crippen LogP contribution is -2.45. The monoisotopic (exact) mass is 745 g/mol. The Bertz CT molecular complexity index is 1190. The van der Waals surface area contributed by atoms with Crippen molar-refractivity contribution in [3.63, 3.8) is 0 Å². The standard InChI is InChI=1S/C38H68NO11P/c1-10-12-23-46-34(42)38(6,27-36(3,4)33(41)47-25-26-49-51(44,45)48-24-22-39(7,8)9)28-37(5,11-2)35(43)50-31-20-18-30(19-21-31)32(40)29-16-14-13-15-17-29/h29-31H,10-28H2,1-9H3. The number of rotatable bonds is 22. The third-order valence-corrected chi connectivity index (χ3v) is 11.6. The van der Waals surface area contributed by atoms with Crippen molar-refractivity contribution >= 4 is 31.5 Å². The summed E-state index contributed by atoms with van der Waals surface area (Å²) in [6, 6.07) is 0. The second-order valence-corrected chi connectivity index (χ2v) is 18.5. The van der Waals surface area contributed by atoms with Crippen molar-refractivity contribution in [3.05, 3.63) is 0 Å². The van der Waals surface area contributed by atoms with Crippen LogP contribution in [0, 0.1) is 28.1 Å². The molecule has 12 nitrogen and oxygen atoms in total. The molecule has 3 atom stereocenters. The van der Waals surface area contributed by atoms with E-state index in [2.05, 4.69) is 0 Å². The molecule has 0 saturated heterocycles. The molecule has 0 spiro atoms. The average molecular weight is 746 g/mol. The summed E-state index contributed by atoms with van der Waals surface area (Å²) >= 11 is 0. The average Bonchev–Trinajstić information content (AvgIpc) is 3.06. The largest absolute Gasteiger partial charge is 0.756 e.